The number of hydrogen-bond acceptors (Lipinski definition) is 2. The first-order valence-electron chi connectivity index (χ1n) is 7.98. The van der Waals surface area contributed by atoms with Crippen LogP contribution in [0.5, 0.6) is 0 Å². The minimum atomic E-state index is 0.694. The van der Waals surface area contributed by atoms with Crippen molar-refractivity contribution in [3.63, 3.8) is 0 Å². The summed E-state index contributed by atoms with van der Waals surface area (Å²) < 4.78 is 0. The van der Waals surface area contributed by atoms with Crippen LogP contribution in [0.2, 0.25) is 0 Å². The summed E-state index contributed by atoms with van der Waals surface area (Å²) in [6.45, 7) is 2.33. The van der Waals surface area contributed by atoms with E-state index >= 15 is 0 Å². The van der Waals surface area contributed by atoms with Crippen molar-refractivity contribution in [2.45, 2.75) is 25.3 Å². The molecule has 108 valence electrons. The van der Waals surface area contributed by atoms with Gasteiger partial charge in [0.2, 0.25) is 0 Å². The van der Waals surface area contributed by atoms with Crippen molar-refractivity contribution in [3.05, 3.63) is 53.6 Å². The molecule has 2 heteroatoms. The van der Waals surface area contributed by atoms with Gasteiger partial charge >= 0.3 is 0 Å². The highest BCUT2D eigenvalue weighted by molar-refractivity contribution is 5.78. The zero-order valence-corrected chi connectivity index (χ0v) is 12.6. The Labute approximate surface area is 126 Å². The molecular formula is C19H22N2. The van der Waals surface area contributed by atoms with Gasteiger partial charge in [0.1, 0.15) is 0 Å². The number of nitrogens with zero attached hydrogens (tertiary/aromatic N) is 1. The summed E-state index contributed by atoms with van der Waals surface area (Å²) in [7, 11) is 2.08. The van der Waals surface area contributed by atoms with Crippen LogP contribution in [0, 0.1) is 0 Å². The largest absolute Gasteiger partial charge is 0.371 e. The second kappa shape index (κ2) is 5.19. The molecule has 0 saturated carbocycles. The van der Waals surface area contributed by atoms with Crippen LogP contribution < -0.4 is 10.2 Å². The van der Waals surface area contributed by atoms with E-state index in [1.54, 1.807) is 0 Å². The topological polar surface area (TPSA) is 15.3 Å². The molecule has 0 bridgehead atoms. The van der Waals surface area contributed by atoms with E-state index < -0.39 is 0 Å². The predicted molar refractivity (Wildman–Crippen MR) is 89.0 cm³/mol. The molecule has 1 saturated heterocycles. The Morgan fingerprint density at radius 3 is 2.52 bits per heavy atom. The van der Waals surface area contributed by atoms with Crippen LogP contribution in [-0.4, -0.2) is 26.2 Å². The van der Waals surface area contributed by atoms with Gasteiger partial charge in [0.25, 0.3) is 0 Å². The van der Waals surface area contributed by atoms with Gasteiger partial charge in [-0.25, -0.2) is 0 Å². The smallest absolute Gasteiger partial charge is 0.0369 e. The summed E-state index contributed by atoms with van der Waals surface area (Å²) >= 11 is 0. The summed E-state index contributed by atoms with van der Waals surface area (Å²) in [5.74, 6) is 0. The second-order valence-electron chi connectivity index (χ2n) is 6.23. The molecule has 0 atom stereocenters. The molecule has 4 rings (SSSR count). The maximum atomic E-state index is 3.40. The number of piperidine rings is 1. The summed E-state index contributed by atoms with van der Waals surface area (Å²) in [5.41, 5.74) is 7.21. The van der Waals surface area contributed by atoms with Crippen molar-refractivity contribution in [3.8, 4) is 11.1 Å². The van der Waals surface area contributed by atoms with Crippen molar-refractivity contribution in [2.75, 3.05) is 25.0 Å². The third-order valence-corrected chi connectivity index (χ3v) is 5.05. The van der Waals surface area contributed by atoms with Crippen molar-refractivity contribution in [2.24, 2.45) is 0 Å². The van der Waals surface area contributed by atoms with E-state index in [0.717, 1.165) is 19.5 Å². The summed E-state index contributed by atoms with van der Waals surface area (Å²) in [6.07, 6.45) is 3.58. The molecule has 1 heterocycles. The molecule has 1 fully saturated rings. The van der Waals surface area contributed by atoms with Crippen molar-refractivity contribution in [1.29, 1.82) is 0 Å². The Hall–Kier alpha value is -1.80. The normalized spacial score (nSPS) is 17.7. The number of fused-ring (bicyclic) bond motifs is 3. The Morgan fingerprint density at radius 1 is 0.952 bits per heavy atom. The molecule has 2 nitrogen and oxygen atoms in total. The van der Waals surface area contributed by atoms with Crippen LogP contribution in [0.25, 0.3) is 11.1 Å². The standard InChI is InChI=1S/C19H22N2/c1-20-16-8-10-21(11-9-16)17-6-7-19-15(13-17)12-14-4-2-3-5-18(14)19/h2-7,13,16,20H,8-12H2,1H3. The Balaban J connectivity index is 1.59. The molecule has 2 aromatic rings. The monoisotopic (exact) mass is 278 g/mol. The van der Waals surface area contributed by atoms with Gasteiger partial charge in [0, 0.05) is 24.8 Å². The van der Waals surface area contributed by atoms with Crippen molar-refractivity contribution in [1.82, 2.24) is 5.32 Å². The maximum Gasteiger partial charge on any atom is 0.0369 e. The summed E-state index contributed by atoms with van der Waals surface area (Å²) in [4.78, 5) is 2.54. The molecule has 21 heavy (non-hydrogen) atoms. The summed E-state index contributed by atoms with van der Waals surface area (Å²) in [6, 6.07) is 16.5. The molecule has 0 amide bonds. The average molecular weight is 278 g/mol. The minimum absolute atomic E-state index is 0.694. The molecule has 0 spiro atoms. The van der Waals surface area contributed by atoms with E-state index in [2.05, 4.69) is 59.7 Å². The van der Waals surface area contributed by atoms with E-state index in [1.165, 1.54) is 40.8 Å². The fraction of sp³-hybridized carbons (Fsp3) is 0.368. The highest BCUT2D eigenvalue weighted by Gasteiger charge is 2.21. The Morgan fingerprint density at radius 2 is 1.71 bits per heavy atom. The highest BCUT2D eigenvalue weighted by Crippen LogP contribution is 2.38. The lowest BCUT2D eigenvalue weighted by Gasteiger charge is -2.33. The van der Waals surface area contributed by atoms with E-state index in [-0.39, 0.29) is 0 Å². The number of benzene rings is 2. The van der Waals surface area contributed by atoms with E-state index in [0.29, 0.717) is 6.04 Å². The molecule has 1 aliphatic carbocycles. The van der Waals surface area contributed by atoms with Crippen LogP contribution in [0.4, 0.5) is 5.69 Å². The second-order valence-corrected chi connectivity index (χ2v) is 6.23. The predicted octanol–water partition coefficient (Wildman–Crippen LogP) is 3.45. The van der Waals surface area contributed by atoms with Gasteiger partial charge in [-0.15, -0.1) is 0 Å². The molecule has 2 aromatic carbocycles. The molecule has 0 unspecified atom stereocenters. The first-order chi connectivity index (χ1) is 10.3. The lowest BCUT2D eigenvalue weighted by atomic mass is 10.0. The zero-order valence-electron chi connectivity index (χ0n) is 12.6. The van der Waals surface area contributed by atoms with Gasteiger partial charge in [0.05, 0.1) is 0 Å². The van der Waals surface area contributed by atoms with E-state index in [1.807, 2.05) is 0 Å². The van der Waals surface area contributed by atoms with Gasteiger partial charge in [-0.3, -0.25) is 0 Å². The van der Waals surface area contributed by atoms with E-state index in [4.69, 9.17) is 0 Å². The van der Waals surface area contributed by atoms with Crippen molar-refractivity contribution >= 4 is 5.69 Å². The third kappa shape index (κ3) is 2.24. The molecule has 2 aliphatic rings. The number of hydrogen-bond donors (Lipinski definition) is 1. The number of anilines is 1. The van der Waals surface area contributed by atoms with Crippen LogP contribution in [-0.2, 0) is 6.42 Å². The number of nitrogens with one attached hydrogen (secondary N) is 1. The van der Waals surface area contributed by atoms with Crippen LogP contribution in [0.15, 0.2) is 42.5 Å². The molecule has 0 radical (unpaired) electrons. The van der Waals surface area contributed by atoms with Crippen LogP contribution >= 0.6 is 0 Å². The lowest BCUT2D eigenvalue weighted by Crippen LogP contribution is -2.41. The Bertz CT molecular complexity index is 654. The molecule has 0 aromatic heterocycles. The molecular weight excluding hydrogens is 256 g/mol. The fourth-order valence-electron chi connectivity index (χ4n) is 3.75. The quantitative estimate of drug-likeness (QED) is 0.772. The molecule has 1 aliphatic heterocycles. The third-order valence-electron chi connectivity index (χ3n) is 5.05. The fourth-order valence-corrected chi connectivity index (χ4v) is 3.75. The van der Waals surface area contributed by atoms with Gasteiger partial charge in [-0.05, 0) is 60.7 Å². The lowest BCUT2D eigenvalue weighted by molar-refractivity contribution is 0.442. The van der Waals surface area contributed by atoms with Crippen LogP contribution in [0.1, 0.15) is 24.0 Å². The van der Waals surface area contributed by atoms with E-state index in [9.17, 15) is 0 Å². The van der Waals surface area contributed by atoms with Gasteiger partial charge in [-0.2, -0.15) is 0 Å². The minimum Gasteiger partial charge on any atom is -0.371 e. The summed E-state index contributed by atoms with van der Waals surface area (Å²) in [5, 5.41) is 3.40. The maximum absolute atomic E-state index is 3.40. The van der Waals surface area contributed by atoms with Gasteiger partial charge in [-0.1, -0.05) is 30.3 Å². The molecule has 1 N–H and O–H groups in total. The highest BCUT2D eigenvalue weighted by atomic mass is 15.1. The van der Waals surface area contributed by atoms with Gasteiger partial charge in [0.15, 0.2) is 0 Å². The average Bonchev–Trinajstić information content (AvgIpc) is 2.92. The SMILES string of the molecule is CNC1CCN(c2ccc3c(c2)Cc2ccccc2-3)CC1. The van der Waals surface area contributed by atoms with Crippen molar-refractivity contribution < 1.29 is 0 Å². The zero-order chi connectivity index (χ0) is 14.2. The number of rotatable bonds is 2. The Kier molecular flexibility index (Phi) is 3.19. The van der Waals surface area contributed by atoms with Gasteiger partial charge < -0.3 is 10.2 Å². The first-order valence-corrected chi connectivity index (χ1v) is 7.98. The first kappa shape index (κ1) is 12.9. The van der Waals surface area contributed by atoms with Crippen LogP contribution in [0.3, 0.4) is 0 Å².